The Morgan fingerprint density at radius 2 is 2.13 bits per heavy atom. The second kappa shape index (κ2) is 5.29. The van der Waals surface area contributed by atoms with E-state index in [0.29, 0.717) is 11.9 Å². The molecule has 1 aromatic heterocycles. The summed E-state index contributed by atoms with van der Waals surface area (Å²) in [6, 6.07) is 3.47. The molecule has 0 saturated carbocycles. The molecular weight excluding hydrogens is 194 g/mol. The van der Waals surface area contributed by atoms with Gasteiger partial charge >= 0.3 is 0 Å². The van der Waals surface area contributed by atoms with Crippen molar-refractivity contribution in [1.82, 2.24) is 4.98 Å². The lowest BCUT2D eigenvalue weighted by atomic mass is 10.2. The number of pyridine rings is 1. The maximum atomic E-state index is 10.4. The summed E-state index contributed by atoms with van der Waals surface area (Å²) in [6.45, 7) is 4.18. The van der Waals surface area contributed by atoms with Crippen LogP contribution in [0.4, 0.5) is 11.5 Å². The van der Waals surface area contributed by atoms with Crippen molar-refractivity contribution in [2.45, 2.75) is 32.7 Å². The van der Waals surface area contributed by atoms with Gasteiger partial charge in [-0.2, -0.15) is 0 Å². The molecule has 0 aliphatic rings. The first-order chi connectivity index (χ1) is 7.17. The van der Waals surface area contributed by atoms with Crippen LogP contribution in [-0.2, 0) is 0 Å². The van der Waals surface area contributed by atoms with E-state index in [-0.39, 0.29) is 5.69 Å². The van der Waals surface area contributed by atoms with Crippen LogP contribution in [0.3, 0.4) is 0 Å². The summed E-state index contributed by atoms with van der Waals surface area (Å²) in [5.74, 6) is 0.689. The Kier molecular flexibility index (Phi) is 4.03. The van der Waals surface area contributed by atoms with E-state index in [0.717, 1.165) is 12.8 Å². The Morgan fingerprint density at radius 1 is 1.47 bits per heavy atom. The van der Waals surface area contributed by atoms with E-state index >= 15 is 0 Å². The van der Waals surface area contributed by atoms with Gasteiger partial charge in [-0.25, -0.2) is 4.98 Å². The van der Waals surface area contributed by atoms with Crippen LogP contribution in [0.2, 0.25) is 0 Å². The molecule has 15 heavy (non-hydrogen) atoms. The first-order valence-electron chi connectivity index (χ1n) is 5.04. The molecule has 0 spiro atoms. The molecule has 0 aromatic carbocycles. The summed E-state index contributed by atoms with van der Waals surface area (Å²) in [6.07, 6.45) is 3.29. The summed E-state index contributed by atoms with van der Waals surface area (Å²) in [4.78, 5) is 13.9. The zero-order chi connectivity index (χ0) is 11.3. The van der Waals surface area contributed by atoms with E-state index in [1.807, 2.05) is 0 Å². The minimum atomic E-state index is -0.450. The lowest BCUT2D eigenvalue weighted by molar-refractivity contribution is -0.385. The van der Waals surface area contributed by atoms with Crippen molar-refractivity contribution in [1.29, 1.82) is 0 Å². The molecule has 5 heteroatoms. The normalized spacial score (nSPS) is 10.3. The van der Waals surface area contributed by atoms with Crippen LogP contribution in [0.25, 0.3) is 0 Å². The Hall–Kier alpha value is -1.65. The average molecular weight is 209 g/mol. The highest BCUT2D eigenvalue weighted by atomic mass is 16.6. The summed E-state index contributed by atoms with van der Waals surface area (Å²) in [7, 11) is 0. The molecule has 82 valence electrons. The third kappa shape index (κ3) is 3.19. The van der Waals surface area contributed by atoms with Crippen LogP contribution in [0, 0.1) is 10.1 Å². The van der Waals surface area contributed by atoms with Crippen molar-refractivity contribution in [3.05, 3.63) is 28.4 Å². The van der Waals surface area contributed by atoms with Gasteiger partial charge in [-0.1, -0.05) is 13.8 Å². The molecule has 0 saturated heterocycles. The topological polar surface area (TPSA) is 68.1 Å². The summed E-state index contributed by atoms with van der Waals surface area (Å²) < 4.78 is 0. The number of rotatable bonds is 5. The van der Waals surface area contributed by atoms with E-state index in [4.69, 9.17) is 0 Å². The fraction of sp³-hybridized carbons (Fsp3) is 0.500. The van der Waals surface area contributed by atoms with Crippen LogP contribution in [-0.4, -0.2) is 15.9 Å². The lowest BCUT2D eigenvalue weighted by Gasteiger charge is -2.14. The van der Waals surface area contributed by atoms with Crippen LogP contribution in [0.15, 0.2) is 18.3 Å². The molecule has 5 nitrogen and oxygen atoms in total. The zero-order valence-corrected chi connectivity index (χ0v) is 8.93. The Morgan fingerprint density at radius 3 is 2.53 bits per heavy atom. The molecule has 0 unspecified atom stereocenters. The number of aromatic nitrogens is 1. The van der Waals surface area contributed by atoms with Gasteiger partial charge in [0.05, 0.1) is 4.92 Å². The predicted molar refractivity (Wildman–Crippen MR) is 58.9 cm³/mol. The maximum absolute atomic E-state index is 10.4. The van der Waals surface area contributed by atoms with Crippen molar-refractivity contribution < 1.29 is 4.92 Å². The van der Waals surface area contributed by atoms with Gasteiger partial charge in [-0.15, -0.1) is 0 Å². The van der Waals surface area contributed by atoms with Gasteiger partial charge < -0.3 is 5.32 Å². The number of hydrogen-bond acceptors (Lipinski definition) is 4. The quantitative estimate of drug-likeness (QED) is 0.597. The molecule has 0 aliphatic carbocycles. The van der Waals surface area contributed by atoms with Gasteiger partial charge in [-0.05, 0) is 18.9 Å². The third-order valence-corrected chi connectivity index (χ3v) is 2.30. The highest BCUT2D eigenvalue weighted by Crippen LogP contribution is 2.13. The molecule has 1 rings (SSSR count). The van der Waals surface area contributed by atoms with Crippen molar-refractivity contribution in [2.24, 2.45) is 0 Å². The predicted octanol–water partition coefficient (Wildman–Crippen LogP) is 2.59. The number of nitrogens with one attached hydrogen (secondary N) is 1. The van der Waals surface area contributed by atoms with E-state index < -0.39 is 4.92 Å². The van der Waals surface area contributed by atoms with Crippen molar-refractivity contribution >= 4 is 11.5 Å². The molecular formula is C10H15N3O2. The van der Waals surface area contributed by atoms with Crippen LogP contribution in [0.5, 0.6) is 0 Å². The molecule has 1 N–H and O–H groups in total. The monoisotopic (exact) mass is 209 g/mol. The number of nitro groups is 1. The highest BCUT2D eigenvalue weighted by Gasteiger charge is 2.07. The molecule has 0 atom stereocenters. The smallest absolute Gasteiger partial charge is 0.287 e. The van der Waals surface area contributed by atoms with Gasteiger partial charge in [0.25, 0.3) is 5.69 Å². The first-order valence-corrected chi connectivity index (χ1v) is 5.04. The fourth-order valence-corrected chi connectivity index (χ4v) is 1.28. The van der Waals surface area contributed by atoms with Crippen molar-refractivity contribution in [3.63, 3.8) is 0 Å². The molecule has 0 amide bonds. The van der Waals surface area contributed by atoms with E-state index in [1.165, 1.54) is 12.3 Å². The SMILES string of the molecule is CCC(CC)Nc1ccc([N+](=O)[O-])cn1. The second-order valence-corrected chi connectivity index (χ2v) is 3.32. The van der Waals surface area contributed by atoms with Crippen molar-refractivity contribution in [2.75, 3.05) is 5.32 Å². The van der Waals surface area contributed by atoms with Gasteiger partial charge in [0, 0.05) is 12.1 Å². The summed E-state index contributed by atoms with van der Waals surface area (Å²) >= 11 is 0. The molecule has 0 bridgehead atoms. The van der Waals surface area contributed by atoms with E-state index in [9.17, 15) is 10.1 Å². The minimum Gasteiger partial charge on any atom is -0.367 e. The summed E-state index contributed by atoms with van der Waals surface area (Å²) in [5, 5.41) is 13.6. The van der Waals surface area contributed by atoms with E-state index in [2.05, 4.69) is 24.1 Å². The molecule has 0 fully saturated rings. The summed E-state index contributed by atoms with van der Waals surface area (Å²) in [5.41, 5.74) is 0.0186. The second-order valence-electron chi connectivity index (χ2n) is 3.32. The molecule has 1 aromatic rings. The van der Waals surface area contributed by atoms with Crippen molar-refractivity contribution in [3.8, 4) is 0 Å². The third-order valence-electron chi connectivity index (χ3n) is 2.30. The number of hydrogen-bond donors (Lipinski definition) is 1. The highest BCUT2D eigenvalue weighted by molar-refractivity contribution is 5.40. The average Bonchev–Trinajstić information content (AvgIpc) is 2.26. The Bertz CT molecular complexity index is 320. The zero-order valence-electron chi connectivity index (χ0n) is 8.93. The Balaban J connectivity index is 2.67. The first kappa shape index (κ1) is 11.4. The van der Waals surface area contributed by atoms with Gasteiger partial charge in [-0.3, -0.25) is 10.1 Å². The van der Waals surface area contributed by atoms with Crippen LogP contribution >= 0.6 is 0 Å². The Labute approximate surface area is 88.7 Å². The largest absolute Gasteiger partial charge is 0.367 e. The standard InChI is InChI=1S/C10H15N3O2/c1-3-8(4-2)12-10-6-5-9(7-11-10)13(14)15/h5-8H,3-4H2,1-2H3,(H,11,12). The van der Waals surface area contributed by atoms with Crippen LogP contribution < -0.4 is 5.32 Å². The number of anilines is 1. The van der Waals surface area contributed by atoms with Crippen LogP contribution in [0.1, 0.15) is 26.7 Å². The molecule has 0 radical (unpaired) electrons. The molecule has 0 aliphatic heterocycles. The van der Waals surface area contributed by atoms with Gasteiger partial charge in [0.1, 0.15) is 12.0 Å². The fourth-order valence-electron chi connectivity index (χ4n) is 1.28. The van der Waals surface area contributed by atoms with Gasteiger partial charge in [0.15, 0.2) is 0 Å². The maximum Gasteiger partial charge on any atom is 0.287 e. The number of nitrogens with zero attached hydrogens (tertiary/aromatic N) is 2. The minimum absolute atomic E-state index is 0.0186. The van der Waals surface area contributed by atoms with Gasteiger partial charge in [0.2, 0.25) is 0 Å². The lowest BCUT2D eigenvalue weighted by Crippen LogP contribution is -2.17. The molecule has 1 heterocycles. The van der Waals surface area contributed by atoms with E-state index in [1.54, 1.807) is 6.07 Å².